The summed E-state index contributed by atoms with van der Waals surface area (Å²) >= 11 is 0. The van der Waals surface area contributed by atoms with Crippen molar-refractivity contribution in [3.05, 3.63) is 23.8 Å². The van der Waals surface area contributed by atoms with Crippen molar-refractivity contribution in [3.63, 3.8) is 0 Å². The summed E-state index contributed by atoms with van der Waals surface area (Å²) in [7, 11) is -0.126. The van der Waals surface area contributed by atoms with Gasteiger partial charge in [0.2, 0.25) is 0 Å². The van der Waals surface area contributed by atoms with Gasteiger partial charge in [-0.2, -0.15) is 0 Å². The molecular formula is C16H21F2N3O5S. The van der Waals surface area contributed by atoms with Crippen molar-refractivity contribution >= 4 is 21.8 Å². The van der Waals surface area contributed by atoms with Gasteiger partial charge >= 0.3 is 0 Å². The predicted octanol–water partition coefficient (Wildman–Crippen LogP) is 0.589. The third kappa shape index (κ3) is 4.92. The summed E-state index contributed by atoms with van der Waals surface area (Å²) < 4.78 is 58.4. The summed E-state index contributed by atoms with van der Waals surface area (Å²) in [5, 5.41) is 2.34. The van der Waals surface area contributed by atoms with Crippen LogP contribution < -0.4 is 14.8 Å². The fourth-order valence-corrected chi connectivity index (χ4v) is 3.79. The maximum Gasteiger partial charge on any atom is 0.267 e. The number of hydrogen-bond donors (Lipinski definition) is 2. The van der Waals surface area contributed by atoms with Crippen LogP contribution in [-0.4, -0.2) is 64.8 Å². The second kappa shape index (κ2) is 7.77. The van der Waals surface area contributed by atoms with E-state index in [1.807, 2.05) is 4.72 Å². The zero-order valence-electron chi connectivity index (χ0n) is 15.1. The summed E-state index contributed by atoms with van der Waals surface area (Å²) in [6, 6.07) is 2.73. The summed E-state index contributed by atoms with van der Waals surface area (Å²) in [6.45, 7) is -0.707. The van der Waals surface area contributed by atoms with E-state index >= 15 is 0 Å². The molecule has 1 aliphatic heterocycles. The second-order valence-corrected chi connectivity index (χ2v) is 8.01. The fraction of sp³-hybridized carbons (Fsp3) is 0.500. The largest absolute Gasteiger partial charge is 0.495 e. The Morgan fingerprint density at radius 1 is 1.33 bits per heavy atom. The Morgan fingerprint density at radius 3 is 2.52 bits per heavy atom. The Bertz CT molecular complexity index is 832. The molecule has 1 aliphatic rings. The van der Waals surface area contributed by atoms with Gasteiger partial charge in [0, 0.05) is 26.1 Å². The molecule has 1 aromatic rings. The number of ether oxygens (including phenoxy) is 1. The first kappa shape index (κ1) is 21.0. The van der Waals surface area contributed by atoms with Crippen LogP contribution in [0.15, 0.2) is 23.1 Å². The lowest BCUT2D eigenvalue weighted by molar-refractivity contribution is -0.124. The van der Waals surface area contributed by atoms with E-state index in [2.05, 4.69) is 5.32 Å². The van der Waals surface area contributed by atoms with Gasteiger partial charge in [-0.05, 0) is 24.6 Å². The molecule has 0 saturated carbocycles. The van der Waals surface area contributed by atoms with E-state index in [0.29, 0.717) is 0 Å². The van der Waals surface area contributed by atoms with Gasteiger partial charge < -0.3 is 15.0 Å². The van der Waals surface area contributed by atoms with Gasteiger partial charge in [0.15, 0.2) is 0 Å². The average Bonchev–Trinajstić information content (AvgIpc) is 2.59. The van der Waals surface area contributed by atoms with Crippen molar-refractivity contribution in [3.8, 4) is 5.75 Å². The first-order valence-electron chi connectivity index (χ1n) is 8.04. The molecule has 0 spiro atoms. The minimum atomic E-state index is -4.38. The number of hydrogen-bond acceptors (Lipinski definition) is 6. The third-order valence-electron chi connectivity index (χ3n) is 4.06. The van der Waals surface area contributed by atoms with Gasteiger partial charge in [-0.15, -0.1) is 0 Å². The van der Waals surface area contributed by atoms with Crippen LogP contribution in [0.25, 0.3) is 0 Å². The maximum absolute atomic E-state index is 13.2. The lowest BCUT2D eigenvalue weighted by atomic mass is 10.0. The highest BCUT2D eigenvalue weighted by atomic mass is 32.2. The van der Waals surface area contributed by atoms with Crippen molar-refractivity contribution < 1.29 is 31.5 Å². The SMILES string of the molecule is COc1ccc(C(=O)N(C)C)cc1S(=O)(=O)NC(=O)C1CCC(F)(F)CN1. The van der Waals surface area contributed by atoms with E-state index in [4.69, 9.17) is 4.74 Å². The lowest BCUT2D eigenvalue weighted by Gasteiger charge is -2.28. The molecule has 0 aliphatic carbocycles. The van der Waals surface area contributed by atoms with E-state index < -0.39 is 51.7 Å². The highest BCUT2D eigenvalue weighted by Gasteiger charge is 2.38. The maximum atomic E-state index is 13.2. The number of alkyl halides is 2. The molecule has 8 nitrogen and oxygen atoms in total. The zero-order chi connectivity index (χ0) is 20.4. The van der Waals surface area contributed by atoms with Crippen LogP contribution in [-0.2, 0) is 14.8 Å². The fourth-order valence-electron chi connectivity index (χ4n) is 2.58. The Hall–Kier alpha value is -2.27. The van der Waals surface area contributed by atoms with Crippen molar-refractivity contribution in [1.82, 2.24) is 14.9 Å². The molecule has 1 saturated heterocycles. The van der Waals surface area contributed by atoms with Crippen LogP contribution in [0.4, 0.5) is 8.78 Å². The van der Waals surface area contributed by atoms with Crippen molar-refractivity contribution in [2.45, 2.75) is 29.7 Å². The van der Waals surface area contributed by atoms with Crippen molar-refractivity contribution in [2.75, 3.05) is 27.7 Å². The molecule has 2 amide bonds. The normalized spacial score (nSPS) is 19.2. The molecule has 150 valence electrons. The monoisotopic (exact) mass is 405 g/mol. The summed E-state index contributed by atoms with van der Waals surface area (Å²) in [4.78, 5) is 25.2. The topological polar surface area (TPSA) is 105 Å². The molecule has 0 radical (unpaired) electrons. The highest BCUT2D eigenvalue weighted by Crippen LogP contribution is 2.27. The molecule has 2 rings (SSSR count). The van der Waals surface area contributed by atoms with Gasteiger partial charge in [-0.3, -0.25) is 9.59 Å². The Kier molecular flexibility index (Phi) is 6.05. The molecule has 1 heterocycles. The van der Waals surface area contributed by atoms with Gasteiger partial charge in [0.1, 0.15) is 10.6 Å². The average molecular weight is 405 g/mol. The number of amides is 2. The standard InChI is InChI=1S/C16H21F2N3O5S/c1-21(2)15(23)10-4-5-12(26-3)13(8-10)27(24,25)20-14(22)11-6-7-16(17,18)9-19-11/h4-5,8,11,19H,6-7,9H2,1-3H3,(H,20,22). The van der Waals surface area contributed by atoms with Crippen LogP contribution >= 0.6 is 0 Å². The van der Waals surface area contributed by atoms with E-state index in [0.717, 1.165) is 6.07 Å². The Balaban J connectivity index is 2.26. The molecule has 0 bridgehead atoms. The minimum absolute atomic E-state index is 0.0613. The molecule has 2 N–H and O–H groups in total. The number of nitrogens with zero attached hydrogens (tertiary/aromatic N) is 1. The van der Waals surface area contributed by atoms with Crippen LogP contribution in [0.2, 0.25) is 0 Å². The second-order valence-electron chi connectivity index (χ2n) is 6.36. The number of methoxy groups -OCH3 is 1. The van der Waals surface area contributed by atoms with Crippen molar-refractivity contribution in [1.29, 1.82) is 0 Å². The molecule has 1 aromatic carbocycles. The van der Waals surface area contributed by atoms with E-state index in [9.17, 15) is 26.8 Å². The molecule has 1 unspecified atom stereocenters. The smallest absolute Gasteiger partial charge is 0.267 e. The van der Waals surface area contributed by atoms with Crippen LogP contribution in [0.3, 0.4) is 0 Å². The summed E-state index contributed by atoms with van der Waals surface area (Å²) in [6.07, 6.45) is -0.723. The van der Waals surface area contributed by atoms with E-state index in [1.54, 1.807) is 0 Å². The van der Waals surface area contributed by atoms with Gasteiger partial charge in [0.05, 0.1) is 19.7 Å². The lowest BCUT2D eigenvalue weighted by Crippen LogP contribution is -2.53. The molecule has 27 heavy (non-hydrogen) atoms. The quantitative estimate of drug-likeness (QED) is 0.743. The predicted molar refractivity (Wildman–Crippen MR) is 92.3 cm³/mol. The van der Waals surface area contributed by atoms with E-state index in [-0.39, 0.29) is 17.7 Å². The Morgan fingerprint density at radius 2 is 2.00 bits per heavy atom. The number of halogens is 2. The van der Waals surface area contributed by atoms with Crippen LogP contribution in [0, 0.1) is 0 Å². The highest BCUT2D eigenvalue weighted by molar-refractivity contribution is 7.90. The number of carbonyl (C=O) groups is 2. The van der Waals surface area contributed by atoms with Crippen LogP contribution in [0.1, 0.15) is 23.2 Å². The molecular weight excluding hydrogens is 384 g/mol. The first-order chi connectivity index (χ1) is 12.5. The Labute approximate surface area is 155 Å². The number of sulfonamides is 1. The third-order valence-corrected chi connectivity index (χ3v) is 5.43. The molecule has 11 heteroatoms. The van der Waals surface area contributed by atoms with Gasteiger partial charge in [-0.1, -0.05) is 0 Å². The minimum Gasteiger partial charge on any atom is -0.495 e. The number of rotatable bonds is 5. The number of nitrogens with one attached hydrogen (secondary N) is 2. The number of benzene rings is 1. The van der Waals surface area contributed by atoms with Crippen molar-refractivity contribution in [2.24, 2.45) is 0 Å². The van der Waals surface area contributed by atoms with Gasteiger partial charge in [-0.25, -0.2) is 21.9 Å². The molecule has 1 atom stereocenters. The summed E-state index contributed by atoms with van der Waals surface area (Å²) in [5.41, 5.74) is 0.0871. The first-order valence-corrected chi connectivity index (χ1v) is 9.53. The number of carbonyl (C=O) groups excluding carboxylic acids is 2. The van der Waals surface area contributed by atoms with Gasteiger partial charge in [0.25, 0.3) is 27.8 Å². The number of piperidine rings is 1. The molecule has 1 fully saturated rings. The van der Waals surface area contributed by atoms with E-state index in [1.165, 1.54) is 38.2 Å². The summed E-state index contributed by atoms with van der Waals surface area (Å²) in [5.74, 6) is -4.37. The zero-order valence-corrected chi connectivity index (χ0v) is 15.9. The molecule has 0 aromatic heterocycles. The van der Waals surface area contributed by atoms with Crippen LogP contribution in [0.5, 0.6) is 5.75 Å².